The minimum absolute atomic E-state index is 0.0627. The third-order valence-electron chi connectivity index (χ3n) is 3.77. The molecule has 1 aliphatic heterocycles. The average molecular weight is 294 g/mol. The number of halogens is 1. The third-order valence-corrected chi connectivity index (χ3v) is 4.00. The SMILES string of the molecule is [C-]#[N+]COc1cc(Cl)ccc1B1OC(C)(C)C(C)(C)O1. The summed E-state index contributed by atoms with van der Waals surface area (Å²) in [4.78, 5) is 3.19. The summed E-state index contributed by atoms with van der Waals surface area (Å²) in [6, 6.07) is 5.24. The summed E-state index contributed by atoms with van der Waals surface area (Å²) in [5.41, 5.74) is -0.0976. The fourth-order valence-electron chi connectivity index (χ4n) is 1.90. The van der Waals surface area contributed by atoms with Crippen molar-refractivity contribution in [2.75, 3.05) is 6.73 Å². The number of benzene rings is 1. The van der Waals surface area contributed by atoms with Crippen molar-refractivity contribution >= 4 is 24.2 Å². The molecule has 4 nitrogen and oxygen atoms in total. The third kappa shape index (κ3) is 2.78. The molecule has 0 N–H and O–H groups in total. The van der Waals surface area contributed by atoms with Gasteiger partial charge in [0.1, 0.15) is 5.75 Å². The summed E-state index contributed by atoms with van der Waals surface area (Å²) in [6.07, 6.45) is 0. The molecule has 1 heterocycles. The first kappa shape index (κ1) is 15.2. The standard InChI is InChI=1S/C14H17BClNO3/c1-13(2)14(3,4)20-15(19-13)11-7-6-10(16)8-12(11)18-9-17-5/h6-8H,9H2,1-4H3. The van der Waals surface area contributed by atoms with Crippen LogP contribution in [0.2, 0.25) is 5.02 Å². The van der Waals surface area contributed by atoms with E-state index in [4.69, 9.17) is 32.2 Å². The van der Waals surface area contributed by atoms with Crippen LogP contribution in [0.3, 0.4) is 0 Å². The highest BCUT2D eigenvalue weighted by Gasteiger charge is 2.52. The van der Waals surface area contributed by atoms with Gasteiger partial charge in [0, 0.05) is 10.5 Å². The van der Waals surface area contributed by atoms with Gasteiger partial charge in [-0.15, -0.1) is 0 Å². The van der Waals surface area contributed by atoms with Crippen molar-refractivity contribution < 1.29 is 14.0 Å². The Balaban J connectivity index is 2.32. The summed E-state index contributed by atoms with van der Waals surface area (Å²) in [7, 11) is -0.530. The topological polar surface area (TPSA) is 32.0 Å². The van der Waals surface area contributed by atoms with Gasteiger partial charge in [-0.1, -0.05) is 17.7 Å². The fraction of sp³-hybridized carbons (Fsp3) is 0.500. The van der Waals surface area contributed by atoms with Crippen LogP contribution in [0.4, 0.5) is 0 Å². The molecule has 0 amide bonds. The molecule has 1 saturated heterocycles. The molecule has 20 heavy (non-hydrogen) atoms. The van der Waals surface area contributed by atoms with Crippen LogP contribution < -0.4 is 10.2 Å². The van der Waals surface area contributed by atoms with E-state index in [0.29, 0.717) is 10.8 Å². The van der Waals surface area contributed by atoms with E-state index in [0.717, 1.165) is 5.46 Å². The summed E-state index contributed by atoms with van der Waals surface area (Å²) < 4.78 is 17.4. The molecular weight excluding hydrogens is 276 g/mol. The molecule has 0 aromatic heterocycles. The van der Waals surface area contributed by atoms with Crippen molar-refractivity contribution in [1.82, 2.24) is 0 Å². The molecule has 1 fully saturated rings. The number of hydrogen-bond acceptors (Lipinski definition) is 3. The normalized spacial score (nSPS) is 19.7. The van der Waals surface area contributed by atoms with Gasteiger partial charge in [0.05, 0.1) is 11.2 Å². The van der Waals surface area contributed by atoms with Crippen molar-refractivity contribution in [3.63, 3.8) is 0 Å². The summed E-state index contributed by atoms with van der Waals surface area (Å²) in [5, 5.41) is 0.547. The molecule has 2 rings (SSSR count). The first-order chi connectivity index (χ1) is 9.27. The highest BCUT2D eigenvalue weighted by Crippen LogP contribution is 2.37. The van der Waals surface area contributed by atoms with E-state index in [1.807, 2.05) is 33.8 Å². The maximum Gasteiger partial charge on any atom is 0.498 e. The maximum absolute atomic E-state index is 6.82. The Hall–Kier alpha value is -1.22. The lowest BCUT2D eigenvalue weighted by atomic mass is 9.78. The Kier molecular flexibility index (Phi) is 4.01. The van der Waals surface area contributed by atoms with Gasteiger partial charge < -0.3 is 14.0 Å². The van der Waals surface area contributed by atoms with E-state index in [2.05, 4.69) is 4.85 Å². The molecule has 0 saturated carbocycles. The van der Waals surface area contributed by atoms with Crippen LogP contribution in [0, 0.1) is 6.57 Å². The molecule has 1 aliphatic rings. The van der Waals surface area contributed by atoms with Crippen LogP contribution in [0.1, 0.15) is 27.7 Å². The summed E-state index contributed by atoms with van der Waals surface area (Å²) in [5.74, 6) is 0.520. The Bertz CT molecular complexity index is 538. The summed E-state index contributed by atoms with van der Waals surface area (Å²) >= 11 is 5.98. The zero-order valence-electron chi connectivity index (χ0n) is 12.1. The molecule has 0 atom stereocenters. The highest BCUT2D eigenvalue weighted by molar-refractivity contribution is 6.63. The van der Waals surface area contributed by atoms with Gasteiger partial charge in [0.25, 0.3) is 0 Å². The first-order valence-corrected chi connectivity index (χ1v) is 6.76. The second-order valence-corrected chi connectivity index (χ2v) is 6.14. The van der Waals surface area contributed by atoms with Gasteiger partial charge in [-0.2, -0.15) is 0 Å². The zero-order valence-corrected chi connectivity index (χ0v) is 12.8. The molecule has 6 heteroatoms. The molecule has 0 radical (unpaired) electrons. The Labute approximate surface area is 124 Å². The Morgan fingerprint density at radius 2 is 1.85 bits per heavy atom. The molecule has 0 spiro atoms. The van der Waals surface area contributed by atoms with Crippen LogP contribution >= 0.6 is 11.6 Å². The van der Waals surface area contributed by atoms with Gasteiger partial charge in [-0.05, 0) is 39.8 Å². The molecule has 106 valence electrons. The van der Waals surface area contributed by atoms with Gasteiger partial charge in [0.15, 0.2) is 0 Å². The van der Waals surface area contributed by atoms with Crippen molar-refractivity contribution in [2.24, 2.45) is 0 Å². The van der Waals surface area contributed by atoms with E-state index in [1.165, 1.54) is 0 Å². The van der Waals surface area contributed by atoms with Crippen LogP contribution in [-0.2, 0) is 9.31 Å². The van der Waals surface area contributed by atoms with E-state index in [-0.39, 0.29) is 6.73 Å². The predicted octanol–water partition coefficient (Wildman–Crippen LogP) is 2.89. The molecule has 1 aromatic rings. The Morgan fingerprint density at radius 3 is 2.40 bits per heavy atom. The van der Waals surface area contributed by atoms with Crippen molar-refractivity contribution in [2.45, 2.75) is 38.9 Å². The molecule has 1 aromatic carbocycles. The van der Waals surface area contributed by atoms with Crippen molar-refractivity contribution in [3.05, 3.63) is 34.6 Å². The molecular formula is C14H17BClNO3. The van der Waals surface area contributed by atoms with Crippen LogP contribution in [0.15, 0.2) is 18.2 Å². The molecule has 0 unspecified atom stereocenters. The molecule has 0 bridgehead atoms. The number of nitrogens with zero attached hydrogens (tertiary/aromatic N) is 1. The summed E-state index contributed by atoms with van der Waals surface area (Å²) in [6.45, 7) is 14.7. The van der Waals surface area contributed by atoms with E-state index in [1.54, 1.807) is 12.1 Å². The predicted molar refractivity (Wildman–Crippen MR) is 79.3 cm³/mol. The lowest BCUT2D eigenvalue weighted by molar-refractivity contribution is 0.00578. The van der Waals surface area contributed by atoms with Gasteiger partial charge in [-0.3, -0.25) is 4.85 Å². The number of hydrogen-bond donors (Lipinski definition) is 0. The van der Waals surface area contributed by atoms with Crippen LogP contribution in [0.25, 0.3) is 4.85 Å². The Morgan fingerprint density at radius 1 is 1.25 bits per heavy atom. The maximum atomic E-state index is 6.82. The zero-order chi connectivity index (χ0) is 15.0. The van der Waals surface area contributed by atoms with Gasteiger partial charge in [-0.25, -0.2) is 6.57 Å². The first-order valence-electron chi connectivity index (χ1n) is 6.38. The monoisotopic (exact) mass is 293 g/mol. The smallest absolute Gasteiger partial charge is 0.426 e. The van der Waals surface area contributed by atoms with E-state index < -0.39 is 18.3 Å². The second-order valence-electron chi connectivity index (χ2n) is 5.70. The molecule has 0 aliphatic carbocycles. The lowest BCUT2D eigenvalue weighted by Gasteiger charge is -2.32. The van der Waals surface area contributed by atoms with Gasteiger partial charge >= 0.3 is 13.8 Å². The average Bonchev–Trinajstić information content (AvgIpc) is 2.55. The fourth-order valence-corrected chi connectivity index (χ4v) is 2.06. The number of rotatable bonds is 3. The van der Waals surface area contributed by atoms with Crippen molar-refractivity contribution in [3.8, 4) is 5.75 Å². The number of ether oxygens (including phenoxy) is 1. The largest absolute Gasteiger partial charge is 0.498 e. The van der Waals surface area contributed by atoms with Crippen LogP contribution in [-0.4, -0.2) is 25.1 Å². The second kappa shape index (κ2) is 5.29. The van der Waals surface area contributed by atoms with Crippen molar-refractivity contribution in [1.29, 1.82) is 0 Å². The van der Waals surface area contributed by atoms with Crippen LogP contribution in [0.5, 0.6) is 5.75 Å². The quantitative estimate of drug-likeness (QED) is 0.634. The van der Waals surface area contributed by atoms with E-state index >= 15 is 0 Å². The minimum Gasteiger partial charge on any atom is -0.426 e. The highest BCUT2D eigenvalue weighted by atomic mass is 35.5. The van der Waals surface area contributed by atoms with E-state index in [9.17, 15) is 0 Å². The lowest BCUT2D eigenvalue weighted by Crippen LogP contribution is -2.41. The van der Waals surface area contributed by atoms with Gasteiger partial charge in [0.2, 0.25) is 0 Å². The minimum atomic E-state index is -0.530.